The minimum atomic E-state index is -0.394. The molecule has 0 aliphatic carbocycles. The average Bonchev–Trinajstić information content (AvgIpc) is 3.17. The van der Waals surface area contributed by atoms with Crippen molar-refractivity contribution in [2.75, 3.05) is 32.8 Å². The second-order valence-electron chi connectivity index (χ2n) is 6.39. The quantitative estimate of drug-likeness (QED) is 0.419. The molecule has 7 heteroatoms. The lowest BCUT2D eigenvalue weighted by Gasteiger charge is -2.25. The Hall–Kier alpha value is -0.600. The van der Waals surface area contributed by atoms with E-state index in [0.717, 1.165) is 57.2 Å². The molecule has 0 bridgehead atoms. The molecule has 1 aromatic carbocycles. The maximum Gasteiger partial charge on any atom is 0.194 e. The van der Waals surface area contributed by atoms with Crippen molar-refractivity contribution in [3.63, 3.8) is 0 Å². The number of likely N-dealkylation sites (tertiary alicyclic amines) is 1. The maximum absolute atomic E-state index is 13.2. The van der Waals surface area contributed by atoms with Crippen LogP contribution in [0.3, 0.4) is 0 Å². The molecule has 0 radical (unpaired) electrons. The second-order valence-corrected chi connectivity index (χ2v) is 6.80. The predicted molar refractivity (Wildman–Crippen MR) is 106 cm³/mol. The van der Waals surface area contributed by atoms with Crippen LogP contribution in [0.4, 0.5) is 4.39 Å². The molecule has 4 nitrogen and oxygen atoms in total. The SMILES string of the molecule is CCNC(=NCc1ccc(F)c(Cl)c1)N1CCC2(CCOC2)C1.I. The van der Waals surface area contributed by atoms with Crippen molar-refractivity contribution < 1.29 is 9.13 Å². The molecule has 0 aromatic heterocycles. The van der Waals surface area contributed by atoms with Gasteiger partial charge in [-0.2, -0.15) is 0 Å². The van der Waals surface area contributed by atoms with Crippen molar-refractivity contribution in [1.29, 1.82) is 0 Å². The standard InChI is InChI=1S/C17H23ClFN3O.HI/c1-2-20-16(21-10-13-3-4-15(19)14(18)9-13)22-7-5-17(11-22)6-8-23-12-17;/h3-4,9H,2,5-8,10-12H2,1H3,(H,20,21);1H. The summed E-state index contributed by atoms with van der Waals surface area (Å²) in [5.74, 6) is 0.519. The molecule has 0 amide bonds. The monoisotopic (exact) mass is 467 g/mol. The minimum absolute atomic E-state index is 0. The molecular formula is C17H24ClFIN3O. The summed E-state index contributed by atoms with van der Waals surface area (Å²) in [6.45, 7) is 7.09. The number of rotatable bonds is 3. The van der Waals surface area contributed by atoms with Gasteiger partial charge in [0.2, 0.25) is 0 Å². The van der Waals surface area contributed by atoms with Crippen LogP contribution in [0, 0.1) is 11.2 Å². The molecule has 0 saturated carbocycles. The van der Waals surface area contributed by atoms with Crippen LogP contribution >= 0.6 is 35.6 Å². The second kappa shape index (κ2) is 8.67. The number of guanidine groups is 1. The molecule has 2 heterocycles. The third-order valence-electron chi connectivity index (χ3n) is 4.65. The molecule has 1 N–H and O–H groups in total. The van der Waals surface area contributed by atoms with Crippen LogP contribution in [-0.4, -0.2) is 43.7 Å². The number of hydrogen-bond acceptors (Lipinski definition) is 2. The van der Waals surface area contributed by atoms with E-state index in [1.54, 1.807) is 12.1 Å². The lowest BCUT2D eigenvalue weighted by atomic mass is 9.87. The van der Waals surface area contributed by atoms with Crippen LogP contribution < -0.4 is 5.32 Å². The Balaban J connectivity index is 0.00000208. The average molecular weight is 468 g/mol. The van der Waals surface area contributed by atoms with E-state index in [-0.39, 0.29) is 29.0 Å². The minimum Gasteiger partial charge on any atom is -0.381 e. The van der Waals surface area contributed by atoms with Crippen molar-refractivity contribution in [2.45, 2.75) is 26.3 Å². The van der Waals surface area contributed by atoms with Gasteiger partial charge in [-0.15, -0.1) is 24.0 Å². The zero-order valence-corrected chi connectivity index (χ0v) is 16.9. The topological polar surface area (TPSA) is 36.9 Å². The first kappa shape index (κ1) is 19.7. The Labute approximate surface area is 164 Å². The maximum atomic E-state index is 13.2. The highest BCUT2D eigenvalue weighted by Crippen LogP contribution is 2.38. The fourth-order valence-corrected chi connectivity index (χ4v) is 3.52. The van der Waals surface area contributed by atoms with E-state index < -0.39 is 5.82 Å². The zero-order chi connectivity index (χ0) is 16.3. The first-order chi connectivity index (χ1) is 11.1. The highest BCUT2D eigenvalue weighted by Gasteiger charge is 2.42. The van der Waals surface area contributed by atoms with Gasteiger partial charge in [0.1, 0.15) is 5.82 Å². The molecule has 1 spiro atoms. The largest absolute Gasteiger partial charge is 0.381 e. The van der Waals surface area contributed by atoms with E-state index in [2.05, 4.69) is 17.1 Å². The van der Waals surface area contributed by atoms with Crippen LogP contribution in [0.2, 0.25) is 5.02 Å². The lowest BCUT2D eigenvalue weighted by molar-refractivity contribution is 0.156. The highest BCUT2D eigenvalue weighted by molar-refractivity contribution is 14.0. The molecule has 2 aliphatic heterocycles. The number of nitrogens with one attached hydrogen (secondary N) is 1. The summed E-state index contributed by atoms with van der Waals surface area (Å²) in [5, 5.41) is 3.50. The van der Waals surface area contributed by atoms with E-state index in [1.807, 2.05) is 0 Å². The molecule has 2 saturated heterocycles. The number of ether oxygens (including phenoxy) is 1. The van der Waals surface area contributed by atoms with Crippen LogP contribution in [0.1, 0.15) is 25.3 Å². The zero-order valence-electron chi connectivity index (χ0n) is 13.9. The summed E-state index contributed by atoms with van der Waals surface area (Å²) in [6, 6.07) is 4.76. The van der Waals surface area contributed by atoms with Gasteiger partial charge in [0.15, 0.2) is 5.96 Å². The van der Waals surface area contributed by atoms with E-state index in [9.17, 15) is 4.39 Å². The summed E-state index contributed by atoms with van der Waals surface area (Å²) in [4.78, 5) is 7.01. The number of aliphatic imine (C=N–C) groups is 1. The fraction of sp³-hybridized carbons (Fsp3) is 0.588. The molecule has 2 aliphatic rings. The summed E-state index contributed by atoms with van der Waals surface area (Å²) in [7, 11) is 0. The molecule has 3 rings (SSSR count). The summed E-state index contributed by atoms with van der Waals surface area (Å²) >= 11 is 5.84. The van der Waals surface area contributed by atoms with Gasteiger partial charge in [-0.05, 0) is 37.5 Å². The van der Waals surface area contributed by atoms with Crippen LogP contribution in [0.15, 0.2) is 23.2 Å². The molecule has 134 valence electrons. The lowest BCUT2D eigenvalue weighted by Crippen LogP contribution is -2.41. The molecule has 1 atom stereocenters. The van der Waals surface area contributed by atoms with E-state index >= 15 is 0 Å². The van der Waals surface area contributed by atoms with E-state index in [4.69, 9.17) is 21.3 Å². The summed E-state index contributed by atoms with van der Waals surface area (Å²) in [5.41, 5.74) is 1.21. The Morgan fingerprint density at radius 3 is 2.96 bits per heavy atom. The Morgan fingerprint density at radius 1 is 1.46 bits per heavy atom. The number of halogens is 3. The van der Waals surface area contributed by atoms with E-state index in [0.29, 0.717) is 12.0 Å². The highest BCUT2D eigenvalue weighted by atomic mass is 127. The van der Waals surface area contributed by atoms with Gasteiger partial charge in [0.25, 0.3) is 0 Å². The Bertz CT molecular complexity index is 593. The summed E-state index contributed by atoms with van der Waals surface area (Å²) < 4.78 is 18.8. The predicted octanol–water partition coefficient (Wildman–Crippen LogP) is 3.68. The van der Waals surface area contributed by atoms with Crippen molar-refractivity contribution in [3.8, 4) is 0 Å². The van der Waals surface area contributed by atoms with Crippen molar-refractivity contribution in [3.05, 3.63) is 34.6 Å². The Morgan fingerprint density at radius 2 is 2.29 bits per heavy atom. The van der Waals surface area contributed by atoms with Gasteiger partial charge in [0, 0.05) is 31.7 Å². The number of benzene rings is 1. The smallest absolute Gasteiger partial charge is 0.194 e. The van der Waals surface area contributed by atoms with Gasteiger partial charge in [-0.1, -0.05) is 17.7 Å². The van der Waals surface area contributed by atoms with Crippen molar-refractivity contribution in [2.24, 2.45) is 10.4 Å². The van der Waals surface area contributed by atoms with Crippen LogP contribution in [0.25, 0.3) is 0 Å². The van der Waals surface area contributed by atoms with Gasteiger partial charge in [0.05, 0.1) is 18.2 Å². The number of nitrogens with zero attached hydrogens (tertiary/aromatic N) is 2. The summed E-state index contributed by atoms with van der Waals surface area (Å²) in [6.07, 6.45) is 2.29. The molecule has 1 unspecified atom stereocenters. The van der Waals surface area contributed by atoms with Crippen molar-refractivity contribution >= 4 is 41.5 Å². The van der Waals surface area contributed by atoms with E-state index in [1.165, 1.54) is 6.07 Å². The molecular weight excluding hydrogens is 444 g/mol. The van der Waals surface area contributed by atoms with Crippen LogP contribution in [0.5, 0.6) is 0 Å². The van der Waals surface area contributed by atoms with Gasteiger partial charge >= 0.3 is 0 Å². The Kier molecular flexibility index (Phi) is 7.12. The third-order valence-corrected chi connectivity index (χ3v) is 4.94. The fourth-order valence-electron chi connectivity index (χ4n) is 3.32. The van der Waals surface area contributed by atoms with Crippen molar-refractivity contribution in [1.82, 2.24) is 10.2 Å². The first-order valence-electron chi connectivity index (χ1n) is 8.17. The number of hydrogen-bond donors (Lipinski definition) is 1. The molecule has 2 fully saturated rings. The van der Waals surface area contributed by atoms with Gasteiger partial charge < -0.3 is 15.0 Å². The molecule has 24 heavy (non-hydrogen) atoms. The molecule has 1 aromatic rings. The third kappa shape index (κ3) is 4.52. The van der Waals surface area contributed by atoms with Gasteiger partial charge in [-0.3, -0.25) is 0 Å². The van der Waals surface area contributed by atoms with Crippen LogP contribution in [-0.2, 0) is 11.3 Å². The normalized spacial score (nSPS) is 23.6. The first-order valence-corrected chi connectivity index (χ1v) is 8.55. The van der Waals surface area contributed by atoms with Gasteiger partial charge in [-0.25, -0.2) is 9.38 Å².